The number of aromatic amines is 1. The Morgan fingerprint density at radius 3 is 2.33 bits per heavy atom. The van der Waals surface area contributed by atoms with Crippen molar-refractivity contribution in [2.45, 2.75) is 12.6 Å². The van der Waals surface area contributed by atoms with E-state index in [1.165, 1.54) is 12.1 Å². The van der Waals surface area contributed by atoms with Gasteiger partial charge in [-0.3, -0.25) is 0 Å². The molecule has 1 heterocycles. The van der Waals surface area contributed by atoms with Crippen molar-refractivity contribution in [1.82, 2.24) is 9.97 Å². The Labute approximate surface area is 146 Å². The molecule has 0 aliphatic rings. The number of hydrogen-bond donors (Lipinski definition) is 1. The van der Waals surface area contributed by atoms with Gasteiger partial charge in [-0.15, -0.1) is 0 Å². The van der Waals surface area contributed by atoms with Gasteiger partial charge in [-0.25, -0.2) is 4.98 Å². The van der Waals surface area contributed by atoms with Gasteiger partial charge in [0, 0.05) is 16.5 Å². The Kier molecular flexibility index (Phi) is 4.56. The standard InChI is InChI=1S/C17H11Cl2F3N2/c18-13-6-3-11(14(19)8-13)7-16-23-9-15(24-16)10-1-4-12(5-2-10)17(20,21)22/h1-6,8-9H,7H2,(H,23,24). The summed E-state index contributed by atoms with van der Waals surface area (Å²) in [5.41, 5.74) is 1.45. The van der Waals surface area contributed by atoms with Crippen molar-refractivity contribution in [3.63, 3.8) is 0 Å². The molecule has 0 atom stereocenters. The number of rotatable bonds is 3. The molecule has 0 spiro atoms. The van der Waals surface area contributed by atoms with Gasteiger partial charge >= 0.3 is 6.18 Å². The van der Waals surface area contributed by atoms with Crippen LogP contribution in [0.1, 0.15) is 17.0 Å². The molecular formula is C17H11Cl2F3N2. The van der Waals surface area contributed by atoms with Crippen molar-refractivity contribution in [3.05, 3.63) is 75.7 Å². The summed E-state index contributed by atoms with van der Waals surface area (Å²) in [5.74, 6) is 0.661. The second-order valence-corrected chi connectivity index (χ2v) is 6.07. The van der Waals surface area contributed by atoms with Crippen LogP contribution >= 0.6 is 23.2 Å². The zero-order valence-corrected chi connectivity index (χ0v) is 13.7. The van der Waals surface area contributed by atoms with Crippen LogP contribution in [0.4, 0.5) is 13.2 Å². The van der Waals surface area contributed by atoms with Gasteiger partial charge < -0.3 is 4.98 Å². The first-order chi connectivity index (χ1) is 11.3. The smallest absolute Gasteiger partial charge is 0.342 e. The third kappa shape index (κ3) is 3.74. The highest BCUT2D eigenvalue weighted by molar-refractivity contribution is 6.35. The third-order valence-corrected chi connectivity index (χ3v) is 4.11. The Bertz CT molecular complexity index is 855. The molecule has 0 amide bonds. The maximum Gasteiger partial charge on any atom is 0.416 e. The molecule has 0 aliphatic carbocycles. The van der Waals surface area contributed by atoms with E-state index in [0.29, 0.717) is 33.5 Å². The number of benzene rings is 2. The van der Waals surface area contributed by atoms with E-state index in [4.69, 9.17) is 23.2 Å². The number of nitrogens with one attached hydrogen (secondary N) is 1. The van der Waals surface area contributed by atoms with Crippen molar-refractivity contribution >= 4 is 23.2 Å². The maximum atomic E-state index is 12.6. The lowest BCUT2D eigenvalue weighted by atomic mass is 10.1. The zero-order chi connectivity index (χ0) is 17.3. The summed E-state index contributed by atoms with van der Waals surface area (Å²) in [6.45, 7) is 0. The first-order valence-corrected chi connectivity index (χ1v) is 7.74. The van der Waals surface area contributed by atoms with E-state index in [9.17, 15) is 13.2 Å². The lowest BCUT2D eigenvalue weighted by Gasteiger charge is -2.06. The van der Waals surface area contributed by atoms with Crippen LogP contribution in [0.15, 0.2) is 48.7 Å². The second-order valence-electron chi connectivity index (χ2n) is 5.23. The summed E-state index contributed by atoms with van der Waals surface area (Å²) in [4.78, 5) is 7.35. The molecule has 1 aromatic heterocycles. The minimum absolute atomic E-state index is 0.469. The molecule has 1 N–H and O–H groups in total. The van der Waals surface area contributed by atoms with Crippen LogP contribution in [0.3, 0.4) is 0 Å². The second kappa shape index (κ2) is 6.49. The third-order valence-electron chi connectivity index (χ3n) is 3.52. The van der Waals surface area contributed by atoms with Crippen molar-refractivity contribution in [1.29, 1.82) is 0 Å². The van der Waals surface area contributed by atoms with Gasteiger partial charge in [0.2, 0.25) is 0 Å². The highest BCUT2D eigenvalue weighted by Gasteiger charge is 2.30. The van der Waals surface area contributed by atoms with Gasteiger partial charge in [-0.2, -0.15) is 13.2 Å². The average molecular weight is 371 g/mol. The van der Waals surface area contributed by atoms with Crippen molar-refractivity contribution < 1.29 is 13.2 Å². The predicted octanol–water partition coefficient (Wildman–Crippen LogP) is 5.99. The molecule has 0 radical (unpaired) electrons. The Balaban J connectivity index is 1.80. The molecule has 0 saturated carbocycles. The summed E-state index contributed by atoms with van der Waals surface area (Å²) in [6.07, 6.45) is -2.29. The van der Waals surface area contributed by atoms with Gasteiger partial charge in [0.1, 0.15) is 5.82 Å². The summed E-state index contributed by atoms with van der Waals surface area (Å²) in [5, 5.41) is 1.09. The number of H-pyrrole nitrogens is 1. The summed E-state index contributed by atoms with van der Waals surface area (Å²) < 4.78 is 37.8. The number of imidazole rings is 1. The fourth-order valence-corrected chi connectivity index (χ4v) is 2.76. The quantitative estimate of drug-likeness (QED) is 0.602. The molecule has 3 aromatic rings. The number of halogens is 5. The predicted molar refractivity (Wildman–Crippen MR) is 88.3 cm³/mol. The molecule has 0 fully saturated rings. The van der Waals surface area contributed by atoms with Crippen LogP contribution in [0.5, 0.6) is 0 Å². The van der Waals surface area contributed by atoms with E-state index in [0.717, 1.165) is 17.7 Å². The fraction of sp³-hybridized carbons (Fsp3) is 0.118. The number of hydrogen-bond acceptors (Lipinski definition) is 1. The van der Waals surface area contributed by atoms with Crippen molar-refractivity contribution in [3.8, 4) is 11.3 Å². The van der Waals surface area contributed by atoms with E-state index >= 15 is 0 Å². The Morgan fingerprint density at radius 1 is 1.00 bits per heavy atom. The van der Waals surface area contributed by atoms with Gasteiger partial charge in [-0.1, -0.05) is 41.4 Å². The summed E-state index contributed by atoms with van der Waals surface area (Å²) >= 11 is 12.0. The van der Waals surface area contributed by atoms with Crippen LogP contribution in [0.25, 0.3) is 11.3 Å². The minimum Gasteiger partial charge on any atom is -0.342 e. The largest absolute Gasteiger partial charge is 0.416 e. The summed E-state index contributed by atoms with van der Waals surface area (Å²) in [6, 6.07) is 10.1. The Hall–Kier alpha value is -1.98. The molecule has 7 heteroatoms. The molecule has 0 saturated heterocycles. The minimum atomic E-state index is -4.34. The first-order valence-electron chi connectivity index (χ1n) is 6.98. The van der Waals surface area contributed by atoms with Crippen LogP contribution in [-0.2, 0) is 12.6 Å². The van der Waals surface area contributed by atoms with Crippen LogP contribution in [-0.4, -0.2) is 9.97 Å². The van der Waals surface area contributed by atoms with E-state index in [1.54, 1.807) is 18.3 Å². The van der Waals surface area contributed by atoms with Crippen molar-refractivity contribution in [2.75, 3.05) is 0 Å². The highest BCUT2D eigenvalue weighted by atomic mass is 35.5. The van der Waals surface area contributed by atoms with E-state index in [-0.39, 0.29) is 0 Å². The van der Waals surface area contributed by atoms with Gasteiger partial charge in [0.25, 0.3) is 0 Å². The van der Waals surface area contributed by atoms with E-state index in [2.05, 4.69) is 9.97 Å². The molecule has 124 valence electrons. The molecular weight excluding hydrogens is 360 g/mol. The zero-order valence-electron chi connectivity index (χ0n) is 12.2. The molecule has 2 nitrogen and oxygen atoms in total. The number of nitrogens with zero attached hydrogens (tertiary/aromatic N) is 1. The lowest BCUT2D eigenvalue weighted by Crippen LogP contribution is -2.03. The highest BCUT2D eigenvalue weighted by Crippen LogP contribution is 2.31. The molecule has 0 unspecified atom stereocenters. The van der Waals surface area contributed by atoms with Gasteiger partial charge in [0.15, 0.2) is 0 Å². The molecule has 3 rings (SSSR count). The van der Waals surface area contributed by atoms with E-state index < -0.39 is 11.7 Å². The number of alkyl halides is 3. The normalized spacial score (nSPS) is 11.7. The van der Waals surface area contributed by atoms with Crippen LogP contribution in [0, 0.1) is 0 Å². The molecule has 24 heavy (non-hydrogen) atoms. The maximum absolute atomic E-state index is 12.6. The van der Waals surface area contributed by atoms with Crippen LogP contribution < -0.4 is 0 Å². The van der Waals surface area contributed by atoms with Crippen LogP contribution in [0.2, 0.25) is 10.0 Å². The number of aromatic nitrogens is 2. The SMILES string of the molecule is FC(F)(F)c1ccc(-c2cnc(Cc3ccc(Cl)cc3Cl)[nH]2)cc1. The lowest BCUT2D eigenvalue weighted by molar-refractivity contribution is -0.137. The summed E-state index contributed by atoms with van der Waals surface area (Å²) in [7, 11) is 0. The molecule has 0 bridgehead atoms. The Morgan fingerprint density at radius 2 is 1.71 bits per heavy atom. The van der Waals surface area contributed by atoms with Gasteiger partial charge in [0.05, 0.1) is 17.5 Å². The molecule has 2 aromatic carbocycles. The first kappa shape index (κ1) is 16.9. The topological polar surface area (TPSA) is 28.7 Å². The average Bonchev–Trinajstić information content (AvgIpc) is 2.98. The van der Waals surface area contributed by atoms with E-state index in [1.807, 2.05) is 6.07 Å². The molecule has 0 aliphatic heterocycles. The van der Waals surface area contributed by atoms with Gasteiger partial charge in [-0.05, 0) is 35.4 Å². The van der Waals surface area contributed by atoms with Crippen molar-refractivity contribution in [2.24, 2.45) is 0 Å². The fourth-order valence-electron chi connectivity index (χ4n) is 2.28. The monoisotopic (exact) mass is 370 g/mol.